The Hall–Kier alpha value is -4.19. The van der Waals surface area contributed by atoms with Gasteiger partial charge in [0.05, 0.1) is 25.6 Å². The molecular formula is C23H23N5O4. The van der Waals surface area contributed by atoms with Crippen molar-refractivity contribution in [2.45, 2.75) is 25.8 Å². The Kier molecular flexibility index (Phi) is 7.54. The van der Waals surface area contributed by atoms with Gasteiger partial charge in [-0.15, -0.1) is 0 Å². The largest absolute Gasteiger partial charge is 0.329 e. The van der Waals surface area contributed by atoms with Crippen molar-refractivity contribution in [2.24, 2.45) is 0 Å². The summed E-state index contributed by atoms with van der Waals surface area (Å²) in [6.07, 6.45) is 0.164. The van der Waals surface area contributed by atoms with Gasteiger partial charge < -0.3 is 15.5 Å². The lowest BCUT2D eigenvalue weighted by atomic mass is 10.1. The highest BCUT2D eigenvalue weighted by molar-refractivity contribution is 6.02. The summed E-state index contributed by atoms with van der Waals surface area (Å²) in [5, 5.41) is 14.1. The molecule has 1 saturated heterocycles. The van der Waals surface area contributed by atoms with Crippen molar-refractivity contribution in [1.29, 1.82) is 5.26 Å². The Labute approximate surface area is 185 Å². The topological polar surface area (TPSA) is 123 Å². The fourth-order valence-corrected chi connectivity index (χ4v) is 3.29. The molecule has 1 heterocycles. The SMILES string of the molecule is N#CCCN(C(=O)CCC(=O)Nc1cccc(CN2C(=O)CNC2=O)c1)c1ccccc1. The maximum Gasteiger partial charge on any atom is 0.324 e. The van der Waals surface area contributed by atoms with E-state index in [0.717, 1.165) is 4.90 Å². The number of benzene rings is 2. The molecule has 0 radical (unpaired) electrons. The van der Waals surface area contributed by atoms with Crippen LogP contribution in [0.5, 0.6) is 0 Å². The first-order valence-electron chi connectivity index (χ1n) is 10.2. The van der Waals surface area contributed by atoms with E-state index in [4.69, 9.17) is 5.26 Å². The predicted octanol–water partition coefficient (Wildman–Crippen LogP) is 2.40. The van der Waals surface area contributed by atoms with Crippen LogP contribution in [0.4, 0.5) is 16.2 Å². The van der Waals surface area contributed by atoms with E-state index in [2.05, 4.69) is 10.6 Å². The zero-order valence-corrected chi connectivity index (χ0v) is 17.4. The fraction of sp³-hybridized carbons (Fsp3) is 0.261. The van der Waals surface area contributed by atoms with Crippen molar-refractivity contribution < 1.29 is 19.2 Å². The zero-order valence-electron chi connectivity index (χ0n) is 17.4. The Balaban J connectivity index is 1.56. The third kappa shape index (κ3) is 5.92. The summed E-state index contributed by atoms with van der Waals surface area (Å²) in [6, 6.07) is 17.5. The molecule has 5 amide bonds. The predicted molar refractivity (Wildman–Crippen MR) is 117 cm³/mol. The van der Waals surface area contributed by atoms with E-state index in [1.165, 1.54) is 4.90 Å². The van der Waals surface area contributed by atoms with Crippen molar-refractivity contribution in [3.8, 4) is 6.07 Å². The molecule has 1 aliphatic rings. The Morgan fingerprint density at radius 1 is 1.09 bits per heavy atom. The number of rotatable bonds is 9. The van der Waals surface area contributed by atoms with Crippen LogP contribution in [0.15, 0.2) is 54.6 Å². The second kappa shape index (κ2) is 10.7. The molecule has 2 aromatic carbocycles. The molecule has 0 spiro atoms. The highest BCUT2D eigenvalue weighted by Crippen LogP contribution is 2.17. The fourth-order valence-electron chi connectivity index (χ4n) is 3.29. The molecule has 1 fully saturated rings. The molecular weight excluding hydrogens is 410 g/mol. The third-order valence-corrected chi connectivity index (χ3v) is 4.87. The van der Waals surface area contributed by atoms with Gasteiger partial charge in [0.1, 0.15) is 0 Å². The van der Waals surface area contributed by atoms with Crippen LogP contribution in [0.1, 0.15) is 24.8 Å². The number of nitriles is 1. The van der Waals surface area contributed by atoms with E-state index >= 15 is 0 Å². The van der Waals surface area contributed by atoms with Crippen LogP contribution in [-0.4, -0.2) is 41.7 Å². The van der Waals surface area contributed by atoms with Crippen LogP contribution in [-0.2, 0) is 20.9 Å². The molecule has 9 heteroatoms. The highest BCUT2D eigenvalue weighted by Gasteiger charge is 2.28. The molecule has 0 aliphatic carbocycles. The third-order valence-electron chi connectivity index (χ3n) is 4.87. The van der Waals surface area contributed by atoms with Crippen molar-refractivity contribution in [1.82, 2.24) is 10.2 Å². The Morgan fingerprint density at radius 2 is 1.88 bits per heavy atom. The van der Waals surface area contributed by atoms with E-state index in [9.17, 15) is 19.2 Å². The number of anilines is 2. The van der Waals surface area contributed by atoms with Gasteiger partial charge in [-0.25, -0.2) is 4.79 Å². The van der Waals surface area contributed by atoms with Gasteiger partial charge in [-0.2, -0.15) is 5.26 Å². The number of imide groups is 1. The summed E-state index contributed by atoms with van der Waals surface area (Å²) < 4.78 is 0. The van der Waals surface area contributed by atoms with Crippen LogP contribution in [0.3, 0.4) is 0 Å². The number of amides is 5. The lowest BCUT2D eigenvalue weighted by Crippen LogP contribution is -2.32. The van der Waals surface area contributed by atoms with Crippen LogP contribution in [0, 0.1) is 11.3 Å². The summed E-state index contributed by atoms with van der Waals surface area (Å²) in [4.78, 5) is 51.1. The van der Waals surface area contributed by atoms with Crippen molar-refractivity contribution in [3.63, 3.8) is 0 Å². The van der Waals surface area contributed by atoms with E-state index in [1.54, 1.807) is 48.5 Å². The van der Waals surface area contributed by atoms with Gasteiger partial charge in [0, 0.05) is 30.8 Å². The summed E-state index contributed by atoms with van der Waals surface area (Å²) >= 11 is 0. The molecule has 0 bridgehead atoms. The minimum Gasteiger partial charge on any atom is -0.329 e. The van der Waals surface area contributed by atoms with E-state index < -0.39 is 6.03 Å². The lowest BCUT2D eigenvalue weighted by Gasteiger charge is -2.21. The van der Waals surface area contributed by atoms with Gasteiger partial charge in [-0.3, -0.25) is 19.3 Å². The molecule has 1 aliphatic heterocycles. The molecule has 0 unspecified atom stereocenters. The second-order valence-electron chi connectivity index (χ2n) is 7.18. The summed E-state index contributed by atoms with van der Waals surface area (Å²) in [7, 11) is 0. The second-order valence-corrected chi connectivity index (χ2v) is 7.18. The quantitative estimate of drug-likeness (QED) is 0.588. The number of nitrogens with zero attached hydrogens (tertiary/aromatic N) is 3. The van der Waals surface area contributed by atoms with E-state index in [-0.39, 0.29) is 56.6 Å². The molecule has 164 valence electrons. The summed E-state index contributed by atoms with van der Waals surface area (Å²) in [6.45, 7) is 0.348. The molecule has 2 aromatic rings. The zero-order chi connectivity index (χ0) is 22.9. The van der Waals surface area contributed by atoms with Crippen molar-refractivity contribution in [3.05, 3.63) is 60.2 Å². The average Bonchev–Trinajstić information content (AvgIpc) is 3.11. The smallest absolute Gasteiger partial charge is 0.324 e. The molecule has 3 rings (SSSR count). The van der Waals surface area contributed by atoms with Gasteiger partial charge in [-0.1, -0.05) is 30.3 Å². The number of para-hydroxylation sites is 1. The molecule has 0 aromatic heterocycles. The first-order valence-corrected chi connectivity index (χ1v) is 10.2. The van der Waals surface area contributed by atoms with Crippen LogP contribution in [0.2, 0.25) is 0 Å². The average molecular weight is 433 g/mol. The summed E-state index contributed by atoms with van der Waals surface area (Å²) in [5.74, 6) is -0.880. The first kappa shape index (κ1) is 22.5. The monoisotopic (exact) mass is 433 g/mol. The maximum atomic E-state index is 12.7. The number of carbonyl (C=O) groups is 4. The van der Waals surface area contributed by atoms with Gasteiger partial charge >= 0.3 is 6.03 Å². The Bertz CT molecular complexity index is 1030. The molecule has 32 heavy (non-hydrogen) atoms. The van der Waals surface area contributed by atoms with Crippen molar-refractivity contribution >= 4 is 35.1 Å². The van der Waals surface area contributed by atoms with Gasteiger partial charge in [0.15, 0.2) is 0 Å². The maximum absolute atomic E-state index is 12.7. The standard InChI is InChI=1S/C23H23N5O4/c24-12-5-13-27(19-8-2-1-3-9-19)21(30)11-10-20(29)26-18-7-4-6-17(14-18)16-28-22(31)15-25-23(28)32/h1-4,6-9,14H,5,10-11,13,15-16H2,(H,25,32)(H,26,29). The minimum absolute atomic E-state index is 0.00566. The number of hydrogen-bond acceptors (Lipinski definition) is 5. The number of nitrogens with one attached hydrogen (secondary N) is 2. The Morgan fingerprint density at radius 3 is 2.56 bits per heavy atom. The highest BCUT2D eigenvalue weighted by atomic mass is 16.2. The normalized spacial score (nSPS) is 12.8. The van der Waals surface area contributed by atoms with Crippen LogP contribution in [0.25, 0.3) is 0 Å². The molecule has 0 saturated carbocycles. The van der Waals surface area contributed by atoms with Gasteiger partial charge in [0.2, 0.25) is 17.7 Å². The lowest BCUT2D eigenvalue weighted by molar-refractivity contribution is -0.125. The number of urea groups is 1. The number of hydrogen-bond donors (Lipinski definition) is 2. The van der Waals surface area contributed by atoms with Gasteiger partial charge in [0.25, 0.3) is 0 Å². The van der Waals surface area contributed by atoms with E-state index in [1.807, 2.05) is 12.1 Å². The van der Waals surface area contributed by atoms with Crippen LogP contribution < -0.4 is 15.5 Å². The van der Waals surface area contributed by atoms with Gasteiger partial charge in [-0.05, 0) is 29.8 Å². The van der Waals surface area contributed by atoms with Crippen LogP contribution >= 0.6 is 0 Å². The molecule has 2 N–H and O–H groups in total. The molecule has 0 atom stereocenters. The first-order chi connectivity index (χ1) is 15.5. The number of carbonyl (C=O) groups excluding carboxylic acids is 4. The van der Waals surface area contributed by atoms with Crippen molar-refractivity contribution in [2.75, 3.05) is 23.3 Å². The summed E-state index contributed by atoms with van der Waals surface area (Å²) in [5.41, 5.74) is 1.88. The van der Waals surface area contributed by atoms with E-state index in [0.29, 0.717) is 16.9 Å². The minimum atomic E-state index is -0.442. The molecule has 9 nitrogen and oxygen atoms in total.